The van der Waals surface area contributed by atoms with Gasteiger partial charge in [-0.25, -0.2) is 0 Å². The fraction of sp³-hybridized carbons (Fsp3) is 0.941. The van der Waals surface area contributed by atoms with Gasteiger partial charge in [-0.05, 0) is 44.7 Å². The Labute approximate surface area is 130 Å². The van der Waals surface area contributed by atoms with Crippen LogP contribution in [0.3, 0.4) is 0 Å². The van der Waals surface area contributed by atoms with E-state index in [1.54, 1.807) is 7.11 Å². The minimum Gasteiger partial charge on any atom is -0.384 e. The Bertz CT molecular complexity index is 283. The molecule has 0 aromatic rings. The van der Waals surface area contributed by atoms with Gasteiger partial charge < -0.3 is 15.4 Å². The summed E-state index contributed by atoms with van der Waals surface area (Å²) in [7, 11) is 1.69. The van der Waals surface area contributed by atoms with Gasteiger partial charge in [0.1, 0.15) is 0 Å². The van der Waals surface area contributed by atoms with E-state index in [2.05, 4.69) is 24.5 Å². The van der Waals surface area contributed by atoms with E-state index in [0.29, 0.717) is 12.5 Å². The van der Waals surface area contributed by atoms with Gasteiger partial charge in [0.15, 0.2) is 0 Å². The van der Waals surface area contributed by atoms with Crippen LogP contribution in [0.4, 0.5) is 0 Å². The van der Waals surface area contributed by atoms with Crippen molar-refractivity contribution in [3.8, 4) is 0 Å². The number of carbonyl (C=O) groups excluding carboxylic acids is 1. The summed E-state index contributed by atoms with van der Waals surface area (Å²) in [4.78, 5) is 12.7. The number of hydrogen-bond acceptors (Lipinski definition) is 3. The SMILES string of the molecule is CCCCC(CCC)CNC(=O)C1(COC)CCNCC1. The zero-order chi connectivity index (χ0) is 15.6. The van der Waals surface area contributed by atoms with Gasteiger partial charge in [-0.1, -0.05) is 33.1 Å². The van der Waals surface area contributed by atoms with E-state index < -0.39 is 0 Å². The molecule has 2 N–H and O–H groups in total. The Kier molecular flexibility index (Phi) is 8.93. The van der Waals surface area contributed by atoms with E-state index in [1.165, 1.54) is 32.1 Å². The molecule has 0 aromatic carbocycles. The van der Waals surface area contributed by atoms with Crippen molar-refractivity contribution in [2.75, 3.05) is 33.4 Å². The smallest absolute Gasteiger partial charge is 0.228 e. The van der Waals surface area contributed by atoms with Gasteiger partial charge in [0.05, 0.1) is 12.0 Å². The van der Waals surface area contributed by atoms with Crippen molar-refractivity contribution in [1.29, 1.82) is 0 Å². The highest BCUT2D eigenvalue weighted by molar-refractivity contribution is 5.83. The second-order valence-corrected chi connectivity index (χ2v) is 6.47. The van der Waals surface area contributed by atoms with Crippen molar-refractivity contribution >= 4 is 5.91 Å². The van der Waals surface area contributed by atoms with Crippen molar-refractivity contribution in [2.45, 2.75) is 58.8 Å². The average Bonchev–Trinajstić information content (AvgIpc) is 2.51. The summed E-state index contributed by atoms with van der Waals surface area (Å²) in [6.07, 6.45) is 7.86. The number of rotatable bonds is 10. The third kappa shape index (κ3) is 5.95. The minimum absolute atomic E-state index is 0.198. The molecular formula is C17H34N2O2. The normalized spacial score (nSPS) is 19.2. The van der Waals surface area contributed by atoms with Crippen LogP contribution in [0, 0.1) is 11.3 Å². The molecule has 1 fully saturated rings. The molecule has 1 atom stereocenters. The lowest BCUT2D eigenvalue weighted by atomic mass is 9.78. The van der Waals surface area contributed by atoms with Gasteiger partial charge in [0, 0.05) is 13.7 Å². The zero-order valence-electron chi connectivity index (χ0n) is 14.2. The molecule has 1 amide bonds. The third-order valence-electron chi connectivity index (χ3n) is 4.68. The lowest BCUT2D eigenvalue weighted by Crippen LogP contribution is -2.50. The first-order valence-electron chi connectivity index (χ1n) is 8.66. The monoisotopic (exact) mass is 298 g/mol. The summed E-state index contributed by atoms with van der Waals surface area (Å²) in [5.74, 6) is 0.823. The summed E-state index contributed by atoms with van der Waals surface area (Å²) in [6.45, 7) is 7.62. The predicted octanol–water partition coefficient (Wildman–Crippen LogP) is 2.73. The molecule has 1 saturated heterocycles. The van der Waals surface area contributed by atoms with E-state index in [4.69, 9.17) is 4.74 Å². The molecule has 4 heteroatoms. The minimum atomic E-state index is -0.318. The Morgan fingerprint density at radius 2 is 1.95 bits per heavy atom. The second kappa shape index (κ2) is 10.2. The first-order chi connectivity index (χ1) is 10.2. The molecule has 0 saturated carbocycles. The number of carbonyl (C=O) groups is 1. The summed E-state index contributed by atoms with van der Waals surface area (Å²) in [6, 6.07) is 0. The highest BCUT2D eigenvalue weighted by Gasteiger charge is 2.39. The van der Waals surface area contributed by atoms with Crippen molar-refractivity contribution in [2.24, 2.45) is 11.3 Å². The number of unbranched alkanes of at least 4 members (excludes halogenated alkanes) is 1. The molecule has 1 aliphatic heterocycles. The number of nitrogens with one attached hydrogen (secondary N) is 2. The summed E-state index contributed by atoms with van der Waals surface area (Å²) >= 11 is 0. The van der Waals surface area contributed by atoms with Crippen molar-refractivity contribution in [3.63, 3.8) is 0 Å². The first-order valence-corrected chi connectivity index (χ1v) is 8.66. The molecule has 1 aliphatic rings. The number of ether oxygens (including phenoxy) is 1. The standard InChI is InChI=1S/C17H34N2O2/c1-4-6-8-15(7-5-2)13-19-16(20)17(14-21-3)9-11-18-12-10-17/h15,18H,4-14H2,1-3H3,(H,19,20). The highest BCUT2D eigenvalue weighted by Crippen LogP contribution is 2.29. The molecule has 1 rings (SSSR count). The summed E-state index contributed by atoms with van der Waals surface area (Å²) < 4.78 is 5.34. The molecule has 0 bridgehead atoms. The van der Waals surface area contributed by atoms with Crippen LogP contribution in [0.15, 0.2) is 0 Å². The topological polar surface area (TPSA) is 50.4 Å². The molecule has 0 radical (unpaired) electrons. The highest BCUT2D eigenvalue weighted by atomic mass is 16.5. The van der Waals surface area contributed by atoms with Crippen molar-refractivity contribution < 1.29 is 9.53 Å². The van der Waals surface area contributed by atoms with E-state index in [9.17, 15) is 4.79 Å². The molecule has 0 aliphatic carbocycles. The Balaban J connectivity index is 2.51. The van der Waals surface area contributed by atoms with Crippen LogP contribution in [-0.4, -0.2) is 39.3 Å². The van der Waals surface area contributed by atoms with E-state index in [1.807, 2.05) is 0 Å². The van der Waals surface area contributed by atoms with Gasteiger partial charge in [-0.2, -0.15) is 0 Å². The van der Waals surface area contributed by atoms with Crippen LogP contribution in [0.25, 0.3) is 0 Å². The van der Waals surface area contributed by atoms with Crippen LogP contribution in [0.2, 0.25) is 0 Å². The third-order valence-corrected chi connectivity index (χ3v) is 4.68. The second-order valence-electron chi connectivity index (χ2n) is 6.47. The van der Waals surface area contributed by atoms with Crippen molar-refractivity contribution in [1.82, 2.24) is 10.6 Å². The fourth-order valence-electron chi connectivity index (χ4n) is 3.29. The van der Waals surface area contributed by atoms with Crippen LogP contribution in [0.1, 0.15) is 58.8 Å². The molecule has 1 heterocycles. The number of hydrogen-bond donors (Lipinski definition) is 2. The number of amides is 1. The summed E-state index contributed by atoms with van der Waals surface area (Å²) in [5, 5.41) is 6.56. The first kappa shape index (κ1) is 18.4. The molecule has 1 unspecified atom stereocenters. The average molecular weight is 298 g/mol. The van der Waals surface area contributed by atoms with Crippen LogP contribution in [0.5, 0.6) is 0 Å². The van der Waals surface area contributed by atoms with Gasteiger partial charge in [-0.3, -0.25) is 4.79 Å². The molecule has 4 nitrogen and oxygen atoms in total. The Morgan fingerprint density at radius 3 is 2.52 bits per heavy atom. The predicted molar refractivity (Wildman–Crippen MR) is 87.3 cm³/mol. The van der Waals surface area contributed by atoms with Crippen LogP contribution < -0.4 is 10.6 Å². The molecule has 0 spiro atoms. The van der Waals surface area contributed by atoms with Gasteiger partial charge >= 0.3 is 0 Å². The maximum absolute atomic E-state index is 12.7. The number of piperidine rings is 1. The van der Waals surface area contributed by atoms with Gasteiger partial charge in [0.2, 0.25) is 5.91 Å². The molecule has 21 heavy (non-hydrogen) atoms. The van der Waals surface area contributed by atoms with E-state index >= 15 is 0 Å². The van der Waals surface area contributed by atoms with E-state index in [0.717, 1.165) is 32.5 Å². The summed E-state index contributed by atoms with van der Waals surface area (Å²) in [5.41, 5.74) is -0.318. The lowest BCUT2D eigenvalue weighted by Gasteiger charge is -2.36. The Hall–Kier alpha value is -0.610. The maximum Gasteiger partial charge on any atom is 0.228 e. The van der Waals surface area contributed by atoms with Crippen LogP contribution >= 0.6 is 0 Å². The molecule has 124 valence electrons. The van der Waals surface area contributed by atoms with E-state index in [-0.39, 0.29) is 11.3 Å². The molecule has 0 aromatic heterocycles. The van der Waals surface area contributed by atoms with Gasteiger partial charge in [0.25, 0.3) is 0 Å². The largest absolute Gasteiger partial charge is 0.384 e. The number of methoxy groups -OCH3 is 1. The van der Waals surface area contributed by atoms with Crippen molar-refractivity contribution in [3.05, 3.63) is 0 Å². The zero-order valence-corrected chi connectivity index (χ0v) is 14.2. The lowest BCUT2D eigenvalue weighted by molar-refractivity contribution is -0.136. The van der Waals surface area contributed by atoms with Gasteiger partial charge in [-0.15, -0.1) is 0 Å². The fourth-order valence-corrected chi connectivity index (χ4v) is 3.29. The van der Waals surface area contributed by atoms with Crippen LogP contribution in [-0.2, 0) is 9.53 Å². The maximum atomic E-state index is 12.7. The Morgan fingerprint density at radius 1 is 1.24 bits per heavy atom. The quantitative estimate of drug-likeness (QED) is 0.652. The molecular weight excluding hydrogens is 264 g/mol.